The molecule has 0 bridgehead atoms. The third-order valence-corrected chi connectivity index (χ3v) is 2.12. The Hall–Kier alpha value is -1.99. The van der Waals surface area contributed by atoms with E-state index in [0.717, 1.165) is 0 Å². The first kappa shape index (κ1) is 12.1. The van der Waals surface area contributed by atoms with Crippen LogP contribution >= 0.6 is 0 Å². The standard InChI is InChI=1S/C8H14N6O2/c1-4-14(3)8(16)5(2)9-7(15)6-10-12-13-11-6/h5H,4H2,1-3H3,(H,9,15)(H,10,11,12,13). The van der Waals surface area contributed by atoms with Crippen LogP contribution in [0.5, 0.6) is 0 Å². The molecule has 0 aliphatic heterocycles. The molecule has 8 heteroatoms. The monoisotopic (exact) mass is 226 g/mol. The minimum atomic E-state index is -0.615. The molecule has 1 unspecified atom stereocenters. The van der Waals surface area contributed by atoms with Crippen molar-refractivity contribution in [2.75, 3.05) is 13.6 Å². The fourth-order valence-electron chi connectivity index (χ4n) is 1.07. The van der Waals surface area contributed by atoms with Crippen LogP contribution in [0, 0.1) is 0 Å². The van der Waals surface area contributed by atoms with Gasteiger partial charge >= 0.3 is 0 Å². The number of H-pyrrole nitrogens is 1. The molecule has 88 valence electrons. The second-order valence-corrected chi connectivity index (χ2v) is 3.28. The lowest BCUT2D eigenvalue weighted by molar-refractivity contribution is -0.131. The van der Waals surface area contributed by atoms with Gasteiger partial charge in [0.2, 0.25) is 5.91 Å². The quantitative estimate of drug-likeness (QED) is 0.670. The first-order valence-corrected chi connectivity index (χ1v) is 4.85. The van der Waals surface area contributed by atoms with Crippen molar-refractivity contribution in [1.82, 2.24) is 30.8 Å². The maximum atomic E-state index is 11.6. The maximum Gasteiger partial charge on any atom is 0.293 e. The number of carbonyl (C=O) groups excluding carboxylic acids is 2. The van der Waals surface area contributed by atoms with Crippen molar-refractivity contribution in [2.24, 2.45) is 0 Å². The number of rotatable bonds is 4. The summed E-state index contributed by atoms with van der Waals surface area (Å²) >= 11 is 0. The van der Waals surface area contributed by atoms with Gasteiger partial charge in [-0.15, -0.1) is 10.2 Å². The van der Waals surface area contributed by atoms with Crippen molar-refractivity contribution in [2.45, 2.75) is 19.9 Å². The predicted octanol–water partition coefficient (Wildman–Crippen LogP) is -1.20. The van der Waals surface area contributed by atoms with Crippen molar-refractivity contribution in [3.8, 4) is 0 Å². The summed E-state index contributed by atoms with van der Waals surface area (Å²) in [6, 6.07) is -0.615. The van der Waals surface area contributed by atoms with E-state index in [2.05, 4.69) is 25.9 Å². The van der Waals surface area contributed by atoms with Crippen LogP contribution in [0.25, 0.3) is 0 Å². The zero-order chi connectivity index (χ0) is 12.1. The third-order valence-electron chi connectivity index (χ3n) is 2.12. The zero-order valence-corrected chi connectivity index (χ0v) is 9.39. The van der Waals surface area contributed by atoms with Gasteiger partial charge in [-0.1, -0.05) is 0 Å². The summed E-state index contributed by atoms with van der Waals surface area (Å²) < 4.78 is 0. The van der Waals surface area contributed by atoms with Crippen LogP contribution < -0.4 is 5.32 Å². The second-order valence-electron chi connectivity index (χ2n) is 3.28. The van der Waals surface area contributed by atoms with Gasteiger partial charge in [-0.05, 0) is 19.1 Å². The molecule has 0 aliphatic rings. The van der Waals surface area contributed by atoms with Gasteiger partial charge in [-0.3, -0.25) is 9.59 Å². The number of likely N-dealkylation sites (N-methyl/N-ethyl adjacent to an activating group) is 1. The number of nitrogens with one attached hydrogen (secondary N) is 2. The second kappa shape index (κ2) is 5.19. The topological polar surface area (TPSA) is 104 Å². The molecular weight excluding hydrogens is 212 g/mol. The molecule has 1 aromatic heterocycles. The Morgan fingerprint density at radius 2 is 2.25 bits per heavy atom. The van der Waals surface area contributed by atoms with Crippen LogP contribution in [0.1, 0.15) is 24.5 Å². The molecular formula is C8H14N6O2. The number of nitrogens with zero attached hydrogens (tertiary/aromatic N) is 4. The molecule has 2 amide bonds. The Morgan fingerprint density at radius 3 is 2.75 bits per heavy atom. The molecule has 2 N–H and O–H groups in total. The molecule has 8 nitrogen and oxygen atoms in total. The highest BCUT2D eigenvalue weighted by Gasteiger charge is 2.20. The van der Waals surface area contributed by atoms with E-state index in [0.29, 0.717) is 6.54 Å². The molecule has 16 heavy (non-hydrogen) atoms. The van der Waals surface area contributed by atoms with Gasteiger partial charge in [0.25, 0.3) is 11.7 Å². The number of hydrogen-bond donors (Lipinski definition) is 2. The van der Waals surface area contributed by atoms with E-state index in [1.807, 2.05) is 6.92 Å². The van der Waals surface area contributed by atoms with Gasteiger partial charge in [0.15, 0.2) is 0 Å². The van der Waals surface area contributed by atoms with Gasteiger partial charge in [0, 0.05) is 13.6 Å². The fourth-order valence-corrected chi connectivity index (χ4v) is 1.07. The van der Waals surface area contributed by atoms with Crippen LogP contribution in [0.15, 0.2) is 0 Å². The fraction of sp³-hybridized carbons (Fsp3) is 0.625. The summed E-state index contributed by atoms with van der Waals surface area (Å²) in [7, 11) is 1.67. The van der Waals surface area contributed by atoms with Gasteiger partial charge in [0.1, 0.15) is 6.04 Å². The van der Waals surface area contributed by atoms with Gasteiger partial charge in [0.05, 0.1) is 0 Å². The highest BCUT2D eigenvalue weighted by atomic mass is 16.2. The van der Waals surface area contributed by atoms with E-state index in [1.54, 1.807) is 14.0 Å². The van der Waals surface area contributed by atoms with Crippen LogP contribution in [0.4, 0.5) is 0 Å². The Balaban J connectivity index is 2.55. The van der Waals surface area contributed by atoms with Gasteiger partial charge in [-0.25, -0.2) is 0 Å². The van der Waals surface area contributed by atoms with E-state index in [-0.39, 0.29) is 11.7 Å². The minimum absolute atomic E-state index is 0.0844. The molecule has 0 saturated carbocycles. The molecule has 1 aromatic rings. The van der Waals surface area contributed by atoms with E-state index < -0.39 is 11.9 Å². The Morgan fingerprint density at radius 1 is 1.56 bits per heavy atom. The largest absolute Gasteiger partial charge is 0.344 e. The SMILES string of the molecule is CCN(C)C(=O)C(C)NC(=O)c1nn[nH]n1. The molecule has 0 fully saturated rings. The van der Waals surface area contributed by atoms with Crippen molar-refractivity contribution >= 4 is 11.8 Å². The van der Waals surface area contributed by atoms with E-state index in [9.17, 15) is 9.59 Å². The summed E-state index contributed by atoms with van der Waals surface area (Å²) in [4.78, 5) is 24.6. The number of carbonyl (C=O) groups is 2. The van der Waals surface area contributed by atoms with Crippen molar-refractivity contribution < 1.29 is 9.59 Å². The molecule has 0 saturated heterocycles. The average Bonchev–Trinajstić information content (AvgIpc) is 2.80. The van der Waals surface area contributed by atoms with Crippen molar-refractivity contribution in [3.05, 3.63) is 5.82 Å². The Labute approximate surface area is 92.4 Å². The molecule has 1 rings (SSSR count). The van der Waals surface area contributed by atoms with E-state index in [4.69, 9.17) is 0 Å². The van der Waals surface area contributed by atoms with Crippen LogP contribution in [0.3, 0.4) is 0 Å². The van der Waals surface area contributed by atoms with Crippen LogP contribution in [-0.2, 0) is 4.79 Å². The van der Waals surface area contributed by atoms with Crippen LogP contribution in [0.2, 0.25) is 0 Å². The lowest BCUT2D eigenvalue weighted by Crippen LogP contribution is -2.45. The number of hydrogen-bond acceptors (Lipinski definition) is 5. The summed E-state index contributed by atoms with van der Waals surface area (Å²) in [6.07, 6.45) is 0. The minimum Gasteiger partial charge on any atom is -0.344 e. The summed E-state index contributed by atoms with van der Waals surface area (Å²) in [5.41, 5.74) is 0. The summed E-state index contributed by atoms with van der Waals surface area (Å²) in [5, 5.41) is 14.9. The van der Waals surface area contributed by atoms with Gasteiger partial charge < -0.3 is 10.2 Å². The molecule has 1 heterocycles. The third kappa shape index (κ3) is 2.75. The van der Waals surface area contributed by atoms with Crippen LogP contribution in [-0.4, -0.2) is 57.0 Å². The van der Waals surface area contributed by atoms with E-state index in [1.165, 1.54) is 4.90 Å². The molecule has 0 aliphatic carbocycles. The normalized spacial score (nSPS) is 11.9. The van der Waals surface area contributed by atoms with Crippen molar-refractivity contribution in [3.63, 3.8) is 0 Å². The smallest absolute Gasteiger partial charge is 0.293 e. The Bertz CT molecular complexity index is 363. The number of tetrazole rings is 1. The maximum absolute atomic E-state index is 11.6. The highest BCUT2D eigenvalue weighted by Crippen LogP contribution is 1.93. The average molecular weight is 226 g/mol. The first-order chi connectivity index (χ1) is 7.56. The molecule has 0 radical (unpaired) electrons. The van der Waals surface area contributed by atoms with Gasteiger partial charge in [-0.2, -0.15) is 5.21 Å². The number of aromatic amines is 1. The highest BCUT2D eigenvalue weighted by molar-refractivity contribution is 5.94. The number of aromatic nitrogens is 4. The van der Waals surface area contributed by atoms with E-state index >= 15 is 0 Å². The first-order valence-electron chi connectivity index (χ1n) is 4.85. The zero-order valence-electron chi connectivity index (χ0n) is 9.39. The Kier molecular flexibility index (Phi) is 3.92. The lowest BCUT2D eigenvalue weighted by Gasteiger charge is -2.19. The number of amides is 2. The molecule has 0 aromatic carbocycles. The van der Waals surface area contributed by atoms with Crippen molar-refractivity contribution in [1.29, 1.82) is 0 Å². The summed E-state index contributed by atoms with van der Waals surface area (Å²) in [6.45, 7) is 4.04. The predicted molar refractivity (Wildman–Crippen MR) is 54.4 cm³/mol. The summed E-state index contributed by atoms with van der Waals surface area (Å²) in [5.74, 6) is -0.780. The molecule has 1 atom stereocenters. The molecule has 0 spiro atoms. The lowest BCUT2D eigenvalue weighted by atomic mass is 10.3.